The fourth-order valence-electron chi connectivity index (χ4n) is 2.50. The molecule has 0 saturated heterocycles. The summed E-state index contributed by atoms with van der Waals surface area (Å²) in [4.78, 5) is 26.3. The SMILES string of the molecule is Cc1nc(N[C@H](C)c2cccc(C(F)F)c2F)c2[nH]c(=O)cnc2n1. The van der Waals surface area contributed by atoms with Crippen molar-refractivity contribution in [2.45, 2.75) is 26.3 Å². The Bertz CT molecular complexity index is 989. The maximum Gasteiger partial charge on any atom is 0.267 e. The minimum atomic E-state index is -2.91. The Hall–Kier alpha value is -2.97. The van der Waals surface area contributed by atoms with Crippen LogP contribution in [-0.2, 0) is 0 Å². The van der Waals surface area contributed by atoms with Gasteiger partial charge in [0.2, 0.25) is 0 Å². The van der Waals surface area contributed by atoms with Crippen LogP contribution in [0.4, 0.5) is 19.0 Å². The van der Waals surface area contributed by atoms with Crippen LogP contribution >= 0.6 is 0 Å². The summed E-state index contributed by atoms with van der Waals surface area (Å²) in [5.41, 5.74) is -0.515. The maximum absolute atomic E-state index is 14.3. The van der Waals surface area contributed by atoms with Gasteiger partial charge in [-0.05, 0) is 13.8 Å². The smallest absolute Gasteiger partial charge is 0.267 e. The Morgan fingerprint density at radius 1 is 1.20 bits per heavy atom. The molecule has 0 aliphatic rings. The van der Waals surface area contributed by atoms with E-state index in [9.17, 15) is 18.0 Å². The van der Waals surface area contributed by atoms with Gasteiger partial charge in [0.05, 0.1) is 17.8 Å². The first-order valence-corrected chi connectivity index (χ1v) is 7.43. The molecule has 1 atom stereocenters. The lowest BCUT2D eigenvalue weighted by Gasteiger charge is -2.18. The number of benzene rings is 1. The van der Waals surface area contributed by atoms with Crippen molar-refractivity contribution in [1.29, 1.82) is 0 Å². The van der Waals surface area contributed by atoms with Crippen LogP contribution in [0.1, 0.15) is 36.3 Å². The standard InChI is InChI=1S/C16H14F3N5O/c1-7(9-4-3-5-10(12(9)17)14(18)19)21-16-13-15(22-8(2)23-16)20-6-11(25)24-13/h3-7,14H,1-2H3,(H,24,25)(H,20,21,22,23)/t7-/m1/s1. The summed E-state index contributed by atoms with van der Waals surface area (Å²) >= 11 is 0. The minimum Gasteiger partial charge on any atom is -0.362 e. The van der Waals surface area contributed by atoms with E-state index in [4.69, 9.17) is 0 Å². The van der Waals surface area contributed by atoms with Crippen molar-refractivity contribution in [2.24, 2.45) is 0 Å². The molecule has 0 spiro atoms. The number of rotatable bonds is 4. The molecule has 25 heavy (non-hydrogen) atoms. The molecule has 0 unspecified atom stereocenters. The monoisotopic (exact) mass is 349 g/mol. The molecular formula is C16H14F3N5O. The molecule has 0 aliphatic heterocycles. The summed E-state index contributed by atoms with van der Waals surface area (Å²) in [6, 6.07) is 3.14. The predicted molar refractivity (Wildman–Crippen MR) is 86.1 cm³/mol. The van der Waals surface area contributed by atoms with Crippen molar-refractivity contribution in [3.63, 3.8) is 0 Å². The molecule has 2 aromatic heterocycles. The first kappa shape index (κ1) is 16.9. The number of H-pyrrole nitrogens is 1. The Labute approximate surface area is 140 Å². The van der Waals surface area contributed by atoms with Gasteiger partial charge in [0.25, 0.3) is 12.0 Å². The molecule has 2 N–H and O–H groups in total. The van der Waals surface area contributed by atoms with Gasteiger partial charge >= 0.3 is 0 Å². The molecule has 0 saturated carbocycles. The third-order valence-electron chi connectivity index (χ3n) is 3.67. The molecule has 9 heteroatoms. The van der Waals surface area contributed by atoms with E-state index in [1.165, 1.54) is 12.1 Å². The number of fused-ring (bicyclic) bond motifs is 1. The number of aromatic nitrogens is 4. The van der Waals surface area contributed by atoms with Crippen molar-refractivity contribution in [3.8, 4) is 0 Å². The second kappa shape index (κ2) is 6.50. The van der Waals surface area contributed by atoms with Gasteiger partial charge in [-0.3, -0.25) is 4.79 Å². The number of hydrogen-bond donors (Lipinski definition) is 2. The van der Waals surface area contributed by atoms with Crippen LogP contribution < -0.4 is 10.9 Å². The van der Waals surface area contributed by atoms with E-state index >= 15 is 0 Å². The van der Waals surface area contributed by atoms with Gasteiger partial charge in [0.15, 0.2) is 11.5 Å². The number of nitrogens with zero attached hydrogens (tertiary/aromatic N) is 3. The number of aromatic amines is 1. The van der Waals surface area contributed by atoms with Crippen molar-refractivity contribution < 1.29 is 13.2 Å². The van der Waals surface area contributed by atoms with Gasteiger partial charge in [-0.15, -0.1) is 0 Å². The predicted octanol–water partition coefficient (Wildman–Crippen LogP) is 3.27. The zero-order valence-corrected chi connectivity index (χ0v) is 13.3. The fourth-order valence-corrected chi connectivity index (χ4v) is 2.50. The molecule has 130 valence electrons. The van der Waals surface area contributed by atoms with Crippen molar-refractivity contribution in [1.82, 2.24) is 19.9 Å². The molecule has 0 aliphatic carbocycles. The largest absolute Gasteiger partial charge is 0.362 e. The van der Waals surface area contributed by atoms with Crippen molar-refractivity contribution in [2.75, 3.05) is 5.32 Å². The zero-order valence-electron chi connectivity index (χ0n) is 13.3. The molecule has 0 amide bonds. The quantitative estimate of drug-likeness (QED) is 0.755. The third kappa shape index (κ3) is 3.30. The number of hydrogen-bond acceptors (Lipinski definition) is 5. The van der Waals surface area contributed by atoms with Crippen molar-refractivity contribution in [3.05, 3.63) is 57.5 Å². The van der Waals surface area contributed by atoms with Crippen molar-refractivity contribution >= 4 is 17.0 Å². The van der Waals surface area contributed by atoms with Gasteiger partial charge in [-0.2, -0.15) is 0 Å². The first-order chi connectivity index (χ1) is 11.9. The summed E-state index contributed by atoms with van der Waals surface area (Å²) < 4.78 is 40.1. The van der Waals surface area contributed by atoms with Gasteiger partial charge in [-0.1, -0.05) is 18.2 Å². The molecule has 3 aromatic rings. The van der Waals surface area contributed by atoms with E-state index in [2.05, 4.69) is 25.3 Å². The number of nitrogens with one attached hydrogen (secondary N) is 2. The summed E-state index contributed by atoms with van der Waals surface area (Å²) in [5, 5.41) is 2.93. The van der Waals surface area contributed by atoms with Crippen LogP contribution in [-0.4, -0.2) is 19.9 Å². The molecule has 0 radical (unpaired) electrons. The molecule has 0 fully saturated rings. The Kier molecular flexibility index (Phi) is 4.39. The van der Waals surface area contributed by atoms with Crippen LogP contribution in [0.3, 0.4) is 0 Å². The van der Waals surface area contributed by atoms with Crippen LogP contribution in [0.5, 0.6) is 0 Å². The second-order valence-corrected chi connectivity index (χ2v) is 5.48. The normalized spacial score (nSPS) is 12.6. The zero-order chi connectivity index (χ0) is 18.1. The van der Waals surface area contributed by atoms with E-state index in [1.54, 1.807) is 13.8 Å². The van der Waals surface area contributed by atoms with E-state index < -0.39 is 29.4 Å². The van der Waals surface area contributed by atoms with Gasteiger partial charge in [0.1, 0.15) is 17.2 Å². The molecule has 3 rings (SSSR count). The van der Waals surface area contributed by atoms with Crippen LogP contribution in [0.2, 0.25) is 0 Å². The number of anilines is 1. The molecule has 2 heterocycles. The third-order valence-corrected chi connectivity index (χ3v) is 3.67. The highest BCUT2D eigenvalue weighted by Gasteiger charge is 2.20. The maximum atomic E-state index is 14.3. The summed E-state index contributed by atoms with van der Waals surface area (Å²) in [6.07, 6.45) is -1.82. The lowest BCUT2D eigenvalue weighted by Crippen LogP contribution is -2.15. The number of alkyl halides is 2. The fraction of sp³-hybridized carbons (Fsp3) is 0.250. The summed E-state index contributed by atoms with van der Waals surface area (Å²) in [7, 11) is 0. The van der Waals surface area contributed by atoms with E-state index in [1.807, 2.05) is 0 Å². The molecule has 1 aromatic carbocycles. The van der Waals surface area contributed by atoms with Gasteiger partial charge in [0, 0.05) is 5.56 Å². The van der Waals surface area contributed by atoms with Gasteiger partial charge < -0.3 is 10.3 Å². The Morgan fingerprint density at radius 2 is 1.92 bits per heavy atom. The van der Waals surface area contributed by atoms with E-state index in [0.717, 1.165) is 12.3 Å². The highest BCUT2D eigenvalue weighted by molar-refractivity contribution is 5.82. The average Bonchev–Trinajstić information content (AvgIpc) is 2.55. The van der Waals surface area contributed by atoms with Crippen LogP contribution in [0.25, 0.3) is 11.2 Å². The average molecular weight is 349 g/mol. The number of aryl methyl sites for hydroxylation is 1. The van der Waals surface area contributed by atoms with Gasteiger partial charge in [-0.25, -0.2) is 28.1 Å². The molecular weight excluding hydrogens is 335 g/mol. The van der Waals surface area contributed by atoms with Crippen LogP contribution in [0, 0.1) is 12.7 Å². The van der Waals surface area contributed by atoms with E-state index in [0.29, 0.717) is 5.82 Å². The Balaban J connectivity index is 2.03. The molecule has 6 nitrogen and oxygen atoms in total. The second-order valence-electron chi connectivity index (χ2n) is 5.48. The summed E-state index contributed by atoms with van der Waals surface area (Å²) in [5.74, 6) is -0.343. The first-order valence-electron chi connectivity index (χ1n) is 7.43. The van der Waals surface area contributed by atoms with Crippen LogP contribution in [0.15, 0.2) is 29.2 Å². The van der Waals surface area contributed by atoms with E-state index in [-0.39, 0.29) is 22.5 Å². The lowest BCUT2D eigenvalue weighted by molar-refractivity contribution is 0.146. The minimum absolute atomic E-state index is 0.0634. The number of halogens is 3. The lowest BCUT2D eigenvalue weighted by atomic mass is 10.0. The Morgan fingerprint density at radius 3 is 2.64 bits per heavy atom. The summed E-state index contributed by atoms with van der Waals surface area (Å²) in [6.45, 7) is 3.24. The topological polar surface area (TPSA) is 83.6 Å². The molecule has 0 bridgehead atoms. The highest BCUT2D eigenvalue weighted by Crippen LogP contribution is 2.29. The highest BCUT2D eigenvalue weighted by atomic mass is 19.3.